The summed E-state index contributed by atoms with van der Waals surface area (Å²) >= 11 is 5.68. The molecule has 0 amide bonds. The van der Waals surface area contributed by atoms with Gasteiger partial charge in [-0.1, -0.05) is 11.9 Å². The monoisotopic (exact) mass is 214 g/mol. The van der Waals surface area contributed by atoms with Crippen LogP contribution in [0.5, 0.6) is 0 Å². The van der Waals surface area contributed by atoms with E-state index in [1.165, 1.54) is 0 Å². The summed E-state index contributed by atoms with van der Waals surface area (Å²) in [4.78, 5) is 0. The van der Waals surface area contributed by atoms with Gasteiger partial charge in [-0.3, -0.25) is 0 Å². The van der Waals surface area contributed by atoms with Crippen molar-refractivity contribution in [3.8, 4) is 0 Å². The number of halogens is 1. The fourth-order valence-electron chi connectivity index (χ4n) is 0.488. The molecule has 1 rings (SSSR count). The summed E-state index contributed by atoms with van der Waals surface area (Å²) < 4.78 is 0. The summed E-state index contributed by atoms with van der Waals surface area (Å²) in [5.74, 6) is 0. The maximum atomic E-state index is 5.68. The van der Waals surface area contributed by atoms with Crippen molar-refractivity contribution in [1.29, 1.82) is 0 Å². The summed E-state index contributed by atoms with van der Waals surface area (Å²) in [6, 6.07) is 8.41. The smallest absolute Gasteiger partial charge is 0 e. The van der Waals surface area contributed by atoms with Gasteiger partial charge in [0.25, 0.3) is 0 Å². The molecule has 1 radical (unpaired) electrons. The van der Waals surface area contributed by atoms with Gasteiger partial charge in [0, 0.05) is 32.7 Å². The molecule has 0 spiro atoms. The van der Waals surface area contributed by atoms with Crippen LogP contribution in [0.4, 0.5) is 0 Å². The molecule has 45 valence electrons. The molecule has 0 N–H and O–H groups in total. The van der Waals surface area contributed by atoms with Crippen molar-refractivity contribution in [2.75, 3.05) is 0 Å². The van der Waals surface area contributed by atoms with Crippen LogP contribution in [0.25, 0.3) is 0 Å². The molecule has 0 aromatic heterocycles. The molecular formula is C7H6ClY-. The van der Waals surface area contributed by atoms with Crippen LogP contribution < -0.4 is 0 Å². The molecule has 0 saturated carbocycles. The molecule has 0 aliphatic carbocycles. The van der Waals surface area contributed by atoms with Crippen molar-refractivity contribution < 1.29 is 32.7 Å². The molecule has 9 heavy (non-hydrogen) atoms. The quantitative estimate of drug-likeness (QED) is 0.582. The van der Waals surface area contributed by atoms with Gasteiger partial charge >= 0.3 is 0 Å². The zero-order valence-corrected chi connectivity index (χ0v) is 8.78. The second kappa shape index (κ2) is 4.43. The largest absolute Gasteiger partial charge is 0.182 e. The van der Waals surface area contributed by atoms with Gasteiger partial charge in [0.2, 0.25) is 0 Å². The van der Waals surface area contributed by atoms with Crippen molar-refractivity contribution in [1.82, 2.24) is 0 Å². The Bertz CT molecular complexity index is 165. The molecular weight excluding hydrogens is 208 g/mol. The third kappa shape index (κ3) is 2.79. The zero-order valence-electron chi connectivity index (χ0n) is 5.19. The summed E-state index contributed by atoms with van der Waals surface area (Å²) in [6.07, 6.45) is 0. The van der Waals surface area contributed by atoms with E-state index >= 15 is 0 Å². The summed E-state index contributed by atoms with van der Waals surface area (Å²) in [6.45, 7) is 1.97. The number of benzene rings is 1. The maximum Gasteiger partial charge on any atom is 0 e. The van der Waals surface area contributed by atoms with Crippen LogP contribution >= 0.6 is 11.6 Å². The summed E-state index contributed by atoms with van der Waals surface area (Å²) in [5, 5.41) is 0.785. The minimum Gasteiger partial charge on any atom is -0.182 e. The van der Waals surface area contributed by atoms with Crippen molar-refractivity contribution in [2.45, 2.75) is 6.92 Å². The van der Waals surface area contributed by atoms with Gasteiger partial charge in [-0.25, -0.2) is 0 Å². The fraction of sp³-hybridized carbons (Fsp3) is 0.143. The van der Waals surface area contributed by atoms with Crippen LogP contribution in [0.2, 0.25) is 5.02 Å². The molecule has 0 nitrogen and oxygen atoms in total. The SMILES string of the molecule is Cc1cc[c-]cc1Cl.[Y]. The Hall–Kier alpha value is 0.614. The van der Waals surface area contributed by atoms with Crippen molar-refractivity contribution in [3.05, 3.63) is 34.9 Å². The zero-order chi connectivity index (χ0) is 5.98. The van der Waals surface area contributed by atoms with Crippen LogP contribution in [0.15, 0.2) is 18.2 Å². The second-order valence-corrected chi connectivity index (χ2v) is 2.08. The Labute approximate surface area is 85.5 Å². The molecule has 0 aliphatic heterocycles. The Morgan fingerprint density at radius 1 is 1.56 bits per heavy atom. The van der Waals surface area contributed by atoms with Crippen LogP contribution in [-0.4, -0.2) is 0 Å². The van der Waals surface area contributed by atoms with E-state index in [0.29, 0.717) is 0 Å². The first-order valence-electron chi connectivity index (χ1n) is 2.43. The van der Waals surface area contributed by atoms with Crippen LogP contribution in [0, 0.1) is 13.0 Å². The molecule has 0 fully saturated rings. The number of aryl methyl sites for hydroxylation is 1. The number of hydrogen-bond donors (Lipinski definition) is 0. The Morgan fingerprint density at radius 3 is 2.56 bits per heavy atom. The predicted molar refractivity (Wildman–Crippen MR) is 35.0 cm³/mol. The van der Waals surface area contributed by atoms with Crippen molar-refractivity contribution in [3.63, 3.8) is 0 Å². The van der Waals surface area contributed by atoms with Gasteiger partial charge in [0.15, 0.2) is 0 Å². The first kappa shape index (κ1) is 9.61. The third-order valence-electron chi connectivity index (χ3n) is 1.02. The van der Waals surface area contributed by atoms with Crippen molar-refractivity contribution >= 4 is 11.6 Å². The van der Waals surface area contributed by atoms with Gasteiger partial charge in [-0.05, 0) is 0 Å². The van der Waals surface area contributed by atoms with E-state index in [4.69, 9.17) is 11.6 Å². The van der Waals surface area contributed by atoms with E-state index in [9.17, 15) is 0 Å². The van der Waals surface area contributed by atoms with Crippen LogP contribution in [-0.2, 0) is 32.7 Å². The van der Waals surface area contributed by atoms with E-state index in [1.807, 2.05) is 19.1 Å². The molecule has 0 unspecified atom stereocenters. The first-order chi connectivity index (χ1) is 3.80. The van der Waals surface area contributed by atoms with E-state index in [2.05, 4.69) is 6.07 Å². The summed E-state index contributed by atoms with van der Waals surface area (Å²) in [5.41, 5.74) is 1.10. The number of rotatable bonds is 0. The average Bonchev–Trinajstić information content (AvgIpc) is 1.77. The predicted octanol–water partition coefficient (Wildman–Crippen LogP) is 2.45. The summed E-state index contributed by atoms with van der Waals surface area (Å²) in [7, 11) is 0. The van der Waals surface area contributed by atoms with Gasteiger partial charge in [-0.15, -0.1) is 5.56 Å². The van der Waals surface area contributed by atoms with Crippen LogP contribution in [0.1, 0.15) is 5.56 Å². The molecule has 0 bridgehead atoms. The Kier molecular flexibility index (Phi) is 4.74. The Balaban J connectivity index is 0.000000640. The van der Waals surface area contributed by atoms with Crippen molar-refractivity contribution in [2.24, 2.45) is 0 Å². The average molecular weight is 214 g/mol. The van der Waals surface area contributed by atoms with E-state index < -0.39 is 0 Å². The molecule has 0 heterocycles. The minimum atomic E-state index is 0. The molecule has 1 aromatic carbocycles. The van der Waals surface area contributed by atoms with Gasteiger partial charge in [0.1, 0.15) is 0 Å². The minimum absolute atomic E-state index is 0. The maximum absolute atomic E-state index is 5.68. The van der Waals surface area contributed by atoms with Crippen LogP contribution in [0.3, 0.4) is 0 Å². The van der Waals surface area contributed by atoms with E-state index in [1.54, 1.807) is 6.07 Å². The second-order valence-electron chi connectivity index (χ2n) is 1.68. The molecule has 0 saturated heterocycles. The van der Waals surface area contributed by atoms with Gasteiger partial charge in [0.05, 0.1) is 0 Å². The standard InChI is InChI=1S/C7H6Cl.Y/c1-6-4-2-3-5-7(6)8;/h2,4-5H,1H3;/q-1;. The third-order valence-corrected chi connectivity index (χ3v) is 1.42. The molecule has 0 aliphatic rings. The fourth-order valence-corrected chi connectivity index (χ4v) is 0.614. The first-order valence-corrected chi connectivity index (χ1v) is 2.80. The van der Waals surface area contributed by atoms with E-state index in [-0.39, 0.29) is 32.7 Å². The Morgan fingerprint density at radius 2 is 2.22 bits per heavy atom. The van der Waals surface area contributed by atoms with Gasteiger partial charge in [-0.2, -0.15) is 35.9 Å². The normalized spacial score (nSPS) is 8.22. The molecule has 2 heteroatoms. The molecule has 1 aromatic rings. The van der Waals surface area contributed by atoms with Gasteiger partial charge < -0.3 is 0 Å². The molecule has 0 atom stereocenters. The van der Waals surface area contributed by atoms with E-state index in [0.717, 1.165) is 10.6 Å². The number of hydrogen-bond acceptors (Lipinski definition) is 0. The topological polar surface area (TPSA) is 0 Å².